The molecular formula is C44H51N7O10. The lowest BCUT2D eigenvalue weighted by Crippen LogP contribution is -2.54. The fourth-order valence-corrected chi connectivity index (χ4v) is 8.76. The van der Waals surface area contributed by atoms with Gasteiger partial charge in [-0.3, -0.25) is 14.4 Å². The number of aromatic nitrogens is 4. The van der Waals surface area contributed by atoms with Crippen LogP contribution in [-0.4, -0.2) is 120 Å². The van der Waals surface area contributed by atoms with Gasteiger partial charge in [0, 0.05) is 38.4 Å². The van der Waals surface area contributed by atoms with Crippen LogP contribution in [-0.2, 0) is 33.3 Å². The normalized spacial score (nSPS) is 19.2. The Balaban J connectivity index is 1.04. The predicted octanol–water partition coefficient (Wildman–Crippen LogP) is 5.80. The highest BCUT2D eigenvalue weighted by Crippen LogP contribution is 2.48. The van der Waals surface area contributed by atoms with Crippen molar-refractivity contribution in [3.8, 4) is 33.8 Å². The van der Waals surface area contributed by atoms with Gasteiger partial charge >= 0.3 is 12.1 Å². The Morgan fingerprint density at radius 3 is 1.75 bits per heavy atom. The molecule has 0 radical (unpaired) electrons. The quantitative estimate of drug-likeness (QED) is 0.121. The molecular weight excluding hydrogens is 787 g/mol. The number of fused-ring (bicyclic) bond motifs is 3. The lowest BCUT2D eigenvalue weighted by Gasteiger charge is -2.30. The Labute approximate surface area is 352 Å². The van der Waals surface area contributed by atoms with E-state index in [9.17, 15) is 19.2 Å². The van der Waals surface area contributed by atoms with Gasteiger partial charge in [0.1, 0.15) is 17.7 Å². The molecule has 322 valence electrons. The maximum Gasteiger partial charge on any atom is 0.407 e. The average molecular weight is 838 g/mol. The summed E-state index contributed by atoms with van der Waals surface area (Å²) in [6.45, 7) is 4.65. The first kappa shape index (κ1) is 41.5. The Bertz CT molecular complexity index is 2300. The summed E-state index contributed by atoms with van der Waals surface area (Å²) in [4.78, 5) is 72.2. The van der Waals surface area contributed by atoms with E-state index in [0.717, 1.165) is 63.6 Å². The van der Waals surface area contributed by atoms with Gasteiger partial charge in [-0.1, -0.05) is 12.1 Å². The van der Waals surface area contributed by atoms with Crippen LogP contribution < -0.4 is 14.8 Å². The number of aromatic amines is 2. The van der Waals surface area contributed by atoms with Crippen molar-refractivity contribution in [2.45, 2.75) is 76.3 Å². The van der Waals surface area contributed by atoms with Gasteiger partial charge < -0.3 is 53.5 Å². The molecule has 6 atom stereocenters. The maximum atomic E-state index is 13.8. The molecule has 3 N–H and O–H groups in total. The number of ether oxygens (including phenoxy) is 6. The van der Waals surface area contributed by atoms with Crippen molar-refractivity contribution >= 4 is 45.9 Å². The molecule has 8 rings (SSSR count). The molecule has 5 aromatic rings. The van der Waals surface area contributed by atoms with Crippen molar-refractivity contribution < 1.29 is 47.6 Å². The van der Waals surface area contributed by atoms with E-state index in [1.165, 1.54) is 28.4 Å². The van der Waals surface area contributed by atoms with E-state index in [1.54, 1.807) is 23.6 Å². The van der Waals surface area contributed by atoms with Crippen molar-refractivity contribution in [2.75, 3.05) is 48.3 Å². The molecule has 0 aliphatic carbocycles. The number of H-pyrrole nitrogens is 2. The Morgan fingerprint density at radius 1 is 0.738 bits per heavy atom. The lowest BCUT2D eigenvalue weighted by molar-refractivity contribution is -0.151. The first-order chi connectivity index (χ1) is 29.5. The summed E-state index contributed by atoms with van der Waals surface area (Å²) in [5.41, 5.74) is 6.62. The van der Waals surface area contributed by atoms with Crippen LogP contribution in [0.15, 0.2) is 48.5 Å². The molecule has 0 spiro atoms. The minimum Gasteiger partial charge on any atom is -0.469 e. The highest BCUT2D eigenvalue weighted by molar-refractivity contribution is 5.91. The average Bonchev–Trinajstić information content (AvgIpc) is 4.14. The number of likely N-dealkylation sites (tertiary alicyclic amines) is 2. The van der Waals surface area contributed by atoms with E-state index in [4.69, 9.17) is 38.4 Å². The molecule has 3 aliphatic heterocycles. The van der Waals surface area contributed by atoms with Gasteiger partial charge in [0.2, 0.25) is 18.6 Å². The summed E-state index contributed by atoms with van der Waals surface area (Å²) in [5, 5.41) is 2.63. The maximum absolute atomic E-state index is 13.8. The van der Waals surface area contributed by atoms with Gasteiger partial charge in [-0.25, -0.2) is 14.8 Å². The molecule has 0 bridgehead atoms. The van der Waals surface area contributed by atoms with E-state index >= 15 is 0 Å². The summed E-state index contributed by atoms with van der Waals surface area (Å²) < 4.78 is 32.8. The van der Waals surface area contributed by atoms with Crippen molar-refractivity contribution in [2.24, 2.45) is 5.92 Å². The third-order valence-electron chi connectivity index (χ3n) is 12.3. The van der Waals surface area contributed by atoms with Gasteiger partial charge in [-0.2, -0.15) is 0 Å². The molecule has 61 heavy (non-hydrogen) atoms. The number of carbonyl (C=O) groups excluding carboxylic acids is 4. The number of rotatable bonds is 13. The van der Waals surface area contributed by atoms with Crippen LogP contribution in [0, 0.1) is 5.92 Å². The molecule has 2 saturated heterocycles. The highest BCUT2D eigenvalue weighted by Gasteiger charge is 2.40. The van der Waals surface area contributed by atoms with Crippen LogP contribution in [0.5, 0.6) is 11.5 Å². The number of alkyl carbamates (subject to hydrolysis) is 1. The molecule has 3 aromatic carbocycles. The number of nitrogens with zero attached hydrogens (tertiary/aromatic N) is 4. The van der Waals surface area contributed by atoms with E-state index in [-0.39, 0.29) is 37.1 Å². The van der Waals surface area contributed by atoms with Gasteiger partial charge in [0.15, 0.2) is 11.5 Å². The number of amides is 3. The number of benzene rings is 3. The summed E-state index contributed by atoms with van der Waals surface area (Å²) >= 11 is 0. The zero-order chi connectivity index (χ0) is 42.9. The van der Waals surface area contributed by atoms with E-state index in [1.807, 2.05) is 48.5 Å². The summed E-state index contributed by atoms with van der Waals surface area (Å²) in [6, 6.07) is 14.4. The number of hydrogen-bond donors (Lipinski definition) is 3. The van der Waals surface area contributed by atoms with Crippen LogP contribution in [0.3, 0.4) is 0 Å². The van der Waals surface area contributed by atoms with Crippen molar-refractivity contribution in [3.63, 3.8) is 0 Å². The molecule has 3 aliphatic rings. The highest BCUT2D eigenvalue weighted by atomic mass is 16.7. The minimum atomic E-state index is -0.926. The second kappa shape index (κ2) is 17.4. The number of carbonyl (C=O) groups is 4. The summed E-state index contributed by atoms with van der Waals surface area (Å²) in [7, 11) is 5.59. The lowest BCUT2D eigenvalue weighted by atomic mass is 9.97. The summed E-state index contributed by atoms with van der Waals surface area (Å²) in [5.74, 6) is 1.03. The van der Waals surface area contributed by atoms with E-state index in [2.05, 4.69) is 15.3 Å². The first-order valence-corrected chi connectivity index (χ1v) is 20.5. The van der Waals surface area contributed by atoms with Gasteiger partial charge in [0.25, 0.3) is 0 Å². The van der Waals surface area contributed by atoms with E-state index < -0.39 is 36.2 Å². The zero-order valence-corrected chi connectivity index (χ0v) is 35.1. The standard InChI is InChI=1S/C44H51N7O10/c1-23(56-3)29(21-36(52)58-5)42(53)50-17-7-9-34(50)40-45-30-15-11-25(19-32(30)47-40)27-13-14-28(39-38(27)60-22-61-39)26-12-16-31-33(20-26)48-41(46-31)35-10-8-18-51(35)43(54)37(24(2)57-4)49-44(55)59-6/h11-16,19-20,23-24,29,34-35,37H,7-10,17-18,21-22H2,1-6H3,(H,45,47)(H,46,48)(H,49,55)/t23-,24-,29+,34+,35+,37+/m1/s1. The van der Waals surface area contributed by atoms with Crippen molar-refractivity contribution in [1.82, 2.24) is 35.1 Å². The monoisotopic (exact) mass is 837 g/mol. The number of methoxy groups -OCH3 is 4. The van der Waals surface area contributed by atoms with Crippen molar-refractivity contribution in [1.29, 1.82) is 0 Å². The van der Waals surface area contributed by atoms with Crippen LogP contribution in [0.1, 0.15) is 69.7 Å². The SMILES string of the molecule is COC(=O)C[C@H](C(=O)N1CCC[C@H]1c1nc2ccc(-c3ccc(-c4ccc5nc([C@@H]6CCCN6C(=O)[C@@H](NC(=O)OC)[C@@H](C)OC)[nH]c5c4)c4c3OCO4)cc2[nH]1)[C@@H](C)OC. The van der Waals surface area contributed by atoms with E-state index in [0.29, 0.717) is 42.7 Å². The van der Waals surface area contributed by atoms with Crippen LogP contribution in [0.25, 0.3) is 44.3 Å². The fraction of sp³-hybridized carbons (Fsp3) is 0.455. The minimum absolute atomic E-state index is 0.0650. The van der Waals surface area contributed by atoms with Crippen molar-refractivity contribution in [3.05, 3.63) is 60.2 Å². The molecule has 2 aromatic heterocycles. The second-order valence-corrected chi connectivity index (χ2v) is 15.7. The molecule has 0 saturated carbocycles. The van der Waals surface area contributed by atoms with Crippen LogP contribution in [0.4, 0.5) is 4.79 Å². The smallest absolute Gasteiger partial charge is 0.407 e. The first-order valence-electron chi connectivity index (χ1n) is 20.5. The Hall–Kier alpha value is -6.20. The third kappa shape index (κ3) is 7.94. The molecule has 17 nitrogen and oxygen atoms in total. The number of hydrogen-bond acceptors (Lipinski definition) is 12. The molecule has 3 amide bonds. The predicted molar refractivity (Wildman–Crippen MR) is 223 cm³/mol. The zero-order valence-electron chi connectivity index (χ0n) is 35.1. The second-order valence-electron chi connectivity index (χ2n) is 15.7. The largest absolute Gasteiger partial charge is 0.469 e. The number of nitrogens with one attached hydrogen (secondary N) is 3. The Kier molecular flexibility index (Phi) is 11.9. The Morgan fingerprint density at radius 2 is 1.26 bits per heavy atom. The van der Waals surface area contributed by atoms with Gasteiger partial charge in [0.05, 0.1) is 72.9 Å². The van der Waals surface area contributed by atoms with Gasteiger partial charge in [-0.05, 0) is 87.1 Å². The third-order valence-corrected chi connectivity index (χ3v) is 12.3. The fourth-order valence-electron chi connectivity index (χ4n) is 8.76. The molecule has 5 heterocycles. The van der Waals surface area contributed by atoms with Crippen LogP contribution in [0.2, 0.25) is 0 Å². The number of esters is 1. The molecule has 17 heteroatoms. The molecule has 0 unspecified atom stereocenters. The van der Waals surface area contributed by atoms with Gasteiger partial charge in [-0.15, -0.1) is 0 Å². The summed E-state index contributed by atoms with van der Waals surface area (Å²) in [6.07, 6.45) is 1.21. The van der Waals surface area contributed by atoms with Crippen LogP contribution >= 0.6 is 0 Å². The molecule has 2 fully saturated rings. The topological polar surface area (TPSA) is 200 Å². The number of imidazole rings is 2.